The molecule has 4 nitrogen and oxygen atoms in total. The minimum atomic E-state index is -0.776. The normalized spacial score (nSPS) is 14.5. The van der Waals surface area contributed by atoms with Gasteiger partial charge in [0.1, 0.15) is 0 Å². The largest absolute Gasteiger partial charge is 0.481 e. The second-order valence-corrected chi connectivity index (χ2v) is 3.27. The number of aliphatic carboxylic acids is 1. The van der Waals surface area contributed by atoms with Crippen molar-refractivity contribution in [2.45, 2.75) is 32.7 Å². The van der Waals surface area contributed by atoms with E-state index < -0.39 is 5.97 Å². The summed E-state index contributed by atoms with van der Waals surface area (Å²) in [7, 11) is 0. The zero-order chi connectivity index (χ0) is 10.3. The molecule has 2 atom stereocenters. The molecule has 0 saturated heterocycles. The number of nitrogens with one attached hydrogen (secondary N) is 1. The van der Waals surface area contributed by atoms with Gasteiger partial charge in [-0.15, -0.1) is 0 Å². The van der Waals surface area contributed by atoms with Crippen molar-refractivity contribution in [3.63, 3.8) is 0 Å². The van der Waals surface area contributed by atoms with E-state index in [9.17, 15) is 4.79 Å². The molecule has 2 unspecified atom stereocenters. The molecule has 0 bridgehead atoms. The Morgan fingerprint density at radius 2 is 2.23 bits per heavy atom. The molecule has 0 heterocycles. The van der Waals surface area contributed by atoms with Crippen molar-refractivity contribution in [2.75, 3.05) is 6.54 Å². The van der Waals surface area contributed by atoms with Gasteiger partial charge in [-0.25, -0.2) is 0 Å². The smallest absolute Gasteiger partial charge is 0.303 e. The summed E-state index contributed by atoms with van der Waals surface area (Å²) in [6.07, 6.45) is 0.780. The van der Waals surface area contributed by atoms with Gasteiger partial charge < -0.3 is 10.4 Å². The zero-order valence-corrected chi connectivity index (χ0v) is 8.08. The lowest BCUT2D eigenvalue weighted by Crippen LogP contribution is -2.30. The Hall–Kier alpha value is -1.08. The fourth-order valence-electron chi connectivity index (χ4n) is 0.866. The van der Waals surface area contributed by atoms with Gasteiger partial charge in [0.2, 0.25) is 0 Å². The maximum Gasteiger partial charge on any atom is 0.303 e. The van der Waals surface area contributed by atoms with E-state index in [1.807, 2.05) is 13.8 Å². The molecule has 0 fully saturated rings. The lowest BCUT2D eigenvalue weighted by Gasteiger charge is -2.12. The van der Waals surface area contributed by atoms with Crippen molar-refractivity contribution in [3.05, 3.63) is 0 Å². The number of carboxylic acid groups (broad SMARTS) is 1. The zero-order valence-electron chi connectivity index (χ0n) is 8.08. The molecule has 0 aliphatic carbocycles. The highest BCUT2D eigenvalue weighted by Crippen LogP contribution is 1.97. The first-order valence-corrected chi connectivity index (χ1v) is 4.41. The molecule has 0 spiro atoms. The number of rotatable bonds is 6. The van der Waals surface area contributed by atoms with Crippen LogP contribution in [0, 0.1) is 17.2 Å². The molecular formula is C9H16N2O2. The van der Waals surface area contributed by atoms with Crippen LogP contribution < -0.4 is 5.32 Å². The van der Waals surface area contributed by atoms with E-state index in [0.717, 1.165) is 0 Å². The van der Waals surface area contributed by atoms with E-state index in [2.05, 4.69) is 11.4 Å². The molecule has 0 saturated carbocycles. The third-order valence-corrected chi connectivity index (χ3v) is 1.78. The van der Waals surface area contributed by atoms with Crippen molar-refractivity contribution in [2.24, 2.45) is 5.92 Å². The Balaban J connectivity index is 3.46. The van der Waals surface area contributed by atoms with Gasteiger partial charge in [-0.05, 0) is 20.3 Å². The van der Waals surface area contributed by atoms with Crippen molar-refractivity contribution in [1.29, 1.82) is 5.26 Å². The van der Waals surface area contributed by atoms with E-state index in [4.69, 9.17) is 10.4 Å². The Bertz CT molecular complexity index is 198. The van der Waals surface area contributed by atoms with Crippen LogP contribution in [0.5, 0.6) is 0 Å². The molecule has 0 aromatic rings. The fraction of sp³-hybridized carbons (Fsp3) is 0.778. The van der Waals surface area contributed by atoms with Crippen LogP contribution in [0.2, 0.25) is 0 Å². The van der Waals surface area contributed by atoms with Gasteiger partial charge in [-0.2, -0.15) is 5.26 Å². The summed E-state index contributed by atoms with van der Waals surface area (Å²) in [6.45, 7) is 4.38. The van der Waals surface area contributed by atoms with Gasteiger partial charge in [0, 0.05) is 19.0 Å². The van der Waals surface area contributed by atoms with Gasteiger partial charge in [0.15, 0.2) is 0 Å². The summed E-state index contributed by atoms with van der Waals surface area (Å²) in [5, 5.41) is 20.0. The molecule has 0 amide bonds. The van der Waals surface area contributed by atoms with Crippen LogP contribution in [-0.2, 0) is 4.79 Å². The van der Waals surface area contributed by atoms with Crippen LogP contribution >= 0.6 is 0 Å². The van der Waals surface area contributed by atoms with Crippen LogP contribution in [0.3, 0.4) is 0 Å². The average molecular weight is 184 g/mol. The molecule has 0 aromatic carbocycles. The first-order valence-electron chi connectivity index (χ1n) is 4.41. The van der Waals surface area contributed by atoms with Crippen LogP contribution in [0.1, 0.15) is 26.7 Å². The Labute approximate surface area is 78.6 Å². The predicted molar refractivity (Wildman–Crippen MR) is 49.1 cm³/mol. The third kappa shape index (κ3) is 7.29. The Kier molecular flexibility index (Phi) is 5.90. The fourth-order valence-corrected chi connectivity index (χ4v) is 0.866. The monoisotopic (exact) mass is 184 g/mol. The highest BCUT2D eigenvalue weighted by Gasteiger charge is 2.06. The second-order valence-electron chi connectivity index (χ2n) is 3.27. The quantitative estimate of drug-likeness (QED) is 0.645. The molecule has 2 N–H and O–H groups in total. The minimum absolute atomic E-state index is 0.0210. The summed E-state index contributed by atoms with van der Waals surface area (Å²) in [5.74, 6) is -0.797. The van der Waals surface area contributed by atoms with Gasteiger partial charge in [-0.3, -0.25) is 4.79 Å². The molecule has 0 aliphatic rings. The van der Waals surface area contributed by atoms with E-state index in [-0.39, 0.29) is 18.4 Å². The predicted octanol–water partition coefficient (Wildman–Crippen LogP) is 0.989. The molecular weight excluding hydrogens is 168 g/mol. The van der Waals surface area contributed by atoms with E-state index in [0.29, 0.717) is 13.0 Å². The summed E-state index contributed by atoms with van der Waals surface area (Å²) < 4.78 is 0. The maximum atomic E-state index is 10.2. The van der Waals surface area contributed by atoms with Crippen LogP contribution in [0.25, 0.3) is 0 Å². The van der Waals surface area contributed by atoms with E-state index in [1.165, 1.54) is 0 Å². The van der Waals surface area contributed by atoms with Crippen LogP contribution in [-0.4, -0.2) is 23.7 Å². The molecule has 13 heavy (non-hydrogen) atoms. The number of nitriles is 1. The SMILES string of the molecule is CC(C#N)CNC(C)CCC(=O)O. The first-order chi connectivity index (χ1) is 6.06. The van der Waals surface area contributed by atoms with Crippen LogP contribution in [0.15, 0.2) is 0 Å². The summed E-state index contributed by atoms with van der Waals surface area (Å²) in [6, 6.07) is 2.27. The lowest BCUT2D eigenvalue weighted by atomic mass is 10.1. The Morgan fingerprint density at radius 1 is 1.62 bits per heavy atom. The Morgan fingerprint density at radius 3 is 2.69 bits per heavy atom. The topological polar surface area (TPSA) is 73.1 Å². The molecule has 0 radical (unpaired) electrons. The van der Waals surface area contributed by atoms with E-state index >= 15 is 0 Å². The molecule has 0 aliphatic heterocycles. The molecule has 4 heteroatoms. The number of carbonyl (C=O) groups is 1. The van der Waals surface area contributed by atoms with Crippen LogP contribution in [0.4, 0.5) is 0 Å². The second kappa shape index (κ2) is 6.44. The first kappa shape index (κ1) is 11.9. The molecule has 0 rings (SSSR count). The minimum Gasteiger partial charge on any atom is -0.481 e. The number of nitrogens with zero attached hydrogens (tertiary/aromatic N) is 1. The number of carboxylic acids is 1. The summed E-state index contributed by atoms with van der Waals surface area (Å²) in [5.41, 5.74) is 0. The number of hydrogen-bond donors (Lipinski definition) is 2. The molecule has 74 valence electrons. The van der Waals surface area contributed by atoms with Gasteiger partial charge in [-0.1, -0.05) is 0 Å². The van der Waals surface area contributed by atoms with Crippen molar-refractivity contribution < 1.29 is 9.90 Å². The maximum absolute atomic E-state index is 10.2. The average Bonchev–Trinajstić information content (AvgIpc) is 2.10. The third-order valence-electron chi connectivity index (χ3n) is 1.78. The number of hydrogen-bond acceptors (Lipinski definition) is 3. The lowest BCUT2D eigenvalue weighted by molar-refractivity contribution is -0.137. The van der Waals surface area contributed by atoms with Crippen molar-refractivity contribution in [3.8, 4) is 6.07 Å². The van der Waals surface area contributed by atoms with Gasteiger partial charge in [0.05, 0.1) is 12.0 Å². The standard InChI is InChI=1S/C9H16N2O2/c1-7(5-10)6-11-8(2)3-4-9(12)13/h7-8,11H,3-4,6H2,1-2H3,(H,12,13). The highest BCUT2D eigenvalue weighted by atomic mass is 16.4. The summed E-state index contributed by atoms with van der Waals surface area (Å²) in [4.78, 5) is 10.2. The molecule has 0 aromatic heterocycles. The van der Waals surface area contributed by atoms with Crippen molar-refractivity contribution >= 4 is 5.97 Å². The van der Waals surface area contributed by atoms with Gasteiger partial charge in [0.25, 0.3) is 0 Å². The van der Waals surface area contributed by atoms with E-state index in [1.54, 1.807) is 0 Å². The summed E-state index contributed by atoms with van der Waals surface area (Å²) >= 11 is 0. The van der Waals surface area contributed by atoms with Gasteiger partial charge >= 0.3 is 5.97 Å². The van der Waals surface area contributed by atoms with Crippen molar-refractivity contribution in [1.82, 2.24) is 5.32 Å². The highest BCUT2D eigenvalue weighted by molar-refractivity contribution is 5.66.